The van der Waals surface area contributed by atoms with Crippen LogP contribution in [0.4, 0.5) is 0 Å². The second kappa shape index (κ2) is 18.7. The largest absolute Gasteiger partial charge is 0.504 e. The lowest BCUT2D eigenvalue weighted by atomic mass is 9.97. The first-order valence-electron chi connectivity index (χ1n) is 24.7. The second-order valence-corrected chi connectivity index (χ2v) is 19.4. The predicted molar refractivity (Wildman–Crippen MR) is 280 cm³/mol. The van der Waals surface area contributed by atoms with Crippen molar-refractivity contribution in [3.8, 4) is 51.7 Å². The molecule has 76 heavy (non-hydrogen) atoms. The highest BCUT2D eigenvalue weighted by molar-refractivity contribution is 5.95. The zero-order valence-corrected chi connectivity index (χ0v) is 41.4. The Balaban J connectivity index is 0.933. The Bertz CT molecular complexity index is 3500. The Hall–Kier alpha value is -9.68. The lowest BCUT2D eigenvalue weighted by Crippen LogP contribution is -2.36. The van der Waals surface area contributed by atoms with Crippen LogP contribution < -0.4 is 37.9 Å². The van der Waals surface area contributed by atoms with Gasteiger partial charge in [0.1, 0.15) is 12.2 Å². The molecule has 0 spiro atoms. The van der Waals surface area contributed by atoms with Gasteiger partial charge in [0.25, 0.3) is 0 Å². The van der Waals surface area contributed by atoms with Crippen LogP contribution in [0.3, 0.4) is 0 Å². The predicted octanol–water partition coefficient (Wildman–Crippen LogP) is 13.2. The van der Waals surface area contributed by atoms with Crippen molar-refractivity contribution in [2.75, 3.05) is 0 Å². The molecule has 12 rings (SSSR count). The van der Waals surface area contributed by atoms with Crippen molar-refractivity contribution in [3.63, 3.8) is 0 Å². The Morgan fingerprint density at radius 3 is 1.16 bits per heavy atom. The summed E-state index contributed by atoms with van der Waals surface area (Å²) >= 11 is 0. The number of rotatable bonds is 12. The lowest BCUT2D eigenvalue weighted by molar-refractivity contribution is -0.0470. The van der Waals surface area contributed by atoms with E-state index in [0.29, 0.717) is 27.8 Å². The summed E-state index contributed by atoms with van der Waals surface area (Å²) in [4.78, 5) is 28.8. The number of esters is 2. The molecule has 12 heteroatoms. The van der Waals surface area contributed by atoms with E-state index >= 15 is 0 Å². The summed E-state index contributed by atoms with van der Waals surface area (Å²) in [6.45, 7) is 5.13. The van der Waals surface area contributed by atoms with Crippen molar-refractivity contribution in [1.29, 1.82) is 0 Å². The Kier molecular flexibility index (Phi) is 11.6. The van der Waals surface area contributed by atoms with Gasteiger partial charge in [0, 0.05) is 33.4 Å². The maximum Gasteiger partial charge on any atom is 0.343 e. The van der Waals surface area contributed by atoms with E-state index < -0.39 is 34.9 Å². The Morgan fingerprint density at radius 2 is 0.763 bits per heavy atom. The van der Waals surface area contributed by atoms with Crippen molar-refractivity contribution in [2.45, 2.75) is 50.3 Å². The molecule has 0 saturated carbocycles. The van der Waals surface area contributed by atoms with Crippen LogP contribution in [0, 0.1) is 0 Å². The smallest absolute Gasteiger partial charge is 0.343 e. The van der Waals surface area contributed by atoms with Gasteiger partial charge in [-0.1, -0.05) is 182 Å². The van der Waals surface area contributed by atoms with E-state index in [9.17, 15) is 14.7 Å². The van der Waals surface area contributed by atoms with Crippen molar-refractivity contribution < 1.29 is 57.3 Å². The zero-order chi connectivity index (χ0) is 52.1. The van der Waals surface area contributed by atoms with Gasteiger partial charge in [0.15, 0.2) is 34.5 Å². The average Bonchev–Trinajstić information content (AvgIpc) is 4.28. The van der Waals surface area contributed by atoms with Crippen LogP contribution in [0.5, 0.6) is 51.7 Å². The number of fused-ring (bicyclic) bond motifs is 3. The molecule has 12 nitrogen and oxygen atoms in total. The topological polar surface area (TPSA) is 137 Å². The number of aromatic hydroxyl groups is 1. The minimum atomic E-state index is -1.54. The molecule has 0 saturated heterocycles. The highest BCUT2D eigenvalue weighted by Crippen LogP contribution is 2.56. The minimum absolute atomic E-state index is 0.00830. The average molecular weight is 1010 g/mol. The molecule has 0 aromatic heterocycles. The molecule has 3 aliphatic rings. The van der Waals surface area contributed by atoms with Crippen molar-refractivity contribution >= 4 is 11.9 Å². The molecule has 3 aliphatic heterocycles. The summed E-state index contributed by atoms with van der Waals surface area (Å²) in [5.74, 6) is -5.14. The standard InChI is InChI=1S/C64H48O12/c1-61(2,3)76-60(67)43-37-52(58-55(39-43)72-64(75-58,48-30-18-8-19-31-48)49-32-20-9-21-33-49)69-59(66)42-36-51(57-54(38-42)71-63(74-57,46-26-14-6-15-27-46)47-28-16-7-17-29-47)68-40-41-34-50(65)56-53(35-41)70-62(73-56,44-22-10-4-11-23-44)45-24-12-5-13-25-45/h4-39,65H,40H2,1-3H3. The fraction of sp³-hybridized carbons (Fsp3) is 0.125. The molecular formula is C64H48O12. The summed E-state index contributed by atoms with van der Waals surface area (Å²) in [6, 6.07) is 65.8. The summed E-state index contributed by atoms with van der Waals surface area (Å²) < 4.78 is 59.4. The van der Waals surface area contributed by atoms with E-state index in [1.807, 2.05) is 182 Å². The molecule has 3 heterocycles. The fourth-order valence-electron chi connectivity index (χ4n) is 9.60. The van der Waals surface area contributed by atoms with Gasteiger partial charge in [-0.3, -0.25) is 0 Å². The lowest BCUT2D eigenvalue weighted by Gasteiger charge is -2.28. The molecule has 0 bridgehead atoms. The van der Waals surface area contributed by atoms with Crippen LogP contribution in [-0.2, 0) is 28.7 Å². The first-order chi connectivity index (χ1) is 36.9. The third-order valence-corrected chi connectivity index (χ3v) is 13.0. The maximum absolute atomic E-state index is 15.0. The van der Waals surface area contributed by atoms with Crippen LogP contribution in [0.2, 0.25) is 0 Å². The highest BCUT2D eigenvalue weighted by Gasteiger charge is 2.50. The molecule has 9 aromatic rings. The summed E-state index contributed by atoms with van der Waals surface area (Å²) in [7, 11) is 0. The van der Waals surface area contributed by atoms with Gasteiger partial charge in [-0.15, -0.1) is 0 Å². The molecule has 0 aliphatic carbocycles. The van der Waals surface area contributed by atoms with E-state index in [4.69, 9.17) is 42.6 Å². The maximum atomic E-state index is 15.0. The second-order valence-electron chi connectivity index (χ2n) is 19.4. The summed E-state index contributed by atoms with van der Waals surface area (Å²) in [6.07, 6.45) is 0. The SMILES string of the molecule is CC(C)(C)OC(=O)c1cc(OC(=O)c2cc(OCc3cc(O)c4c(c3)OC(c3ccccc3)(c3ccccc3)O4)c3c(c2)OC(c2ccccc2)(c2ccccc2)O3)c2c(c1)OC(c1ccccc1)(c1ccccc1)O2. The molecule has 1 N–H and O–H groups in total. The molecule has 0 fully saturated rings. The molecule has 0 unspecified atom stereocenters. The van der Waals surface area contributed by atoms with Crippen LogP contribution in [0.1, 0.15) is 80.4 Å². The minimum Gasteiger partial charge on any atom is -0.504 e. The van der Waals surface area contributed by atoms with Crippen LogP contribution in [0.25, 0.3) is 0 Å². The number of hydrogen-bond acceptors (Lipinski definition) is 12. The van der Waals surface area contributed by atoms with Crippen molar-refractivity contribution in [3.05, 3.63) is 268 Å². The first-order valence-corrected chi connectivity index (χ1v) is 24.7. The molecule has 0 radical (unpaired) electrons. The highest BCUT2D eigenvalue weighted by atomic mass is 16.8. The van der Waals surface area contributed by atoms with E-state index in [1.165, 1.54) is 30.3 Å². The summed E-state index contributed by atoms with van der Waals surface area (Å²) in [5, 5.41) is 11.6. The number of hydrogen-bond donors (Lipinski definition) is 1. The van der Waals surface area contributed by atoms with Gasteiger partial charge in [-0.05, 0) is 62.7 Å². The monoisotopic (exact) mass is 1010 g/mol. The van der Waals surface area contributed by atoms with Crippen molar-refractivity contribution in [1.82, 2.24) is 0 Å². The Morgan fingerprint density at radius 1 is 0.421 bits per heavy atom. The van der Waals surface area contributed by atoms with Gasteiger partial charge in [0.05, 0.1) is 11.1 Å². The van der Waals surface area contributed by atoms with Gasteiger partial charge < -0.3 is 47.7 Å². The third-order valence-electron chi connectivity index (χ3n) is 13.0. The number of ether oxygens (including phenoxy) is 9. The van der Waals surface area contributed by atoms with Crippen LogP contribution >= 0.6 is 0 Å². The number of benzene rings is 9. The van der Waals surface area contributed by atoms with Gasteiger partial charge in [-0.25, -0.2) is 9.59 Å². The van der Waals surface area contributed by atoms with Crippen LogP contribution in [0.15, 0.2) is 218 Å². The normalized spacial score (nSPS) is 14.9. The fourth-order valence-corrected chi connectivity index (χ4v) is 9.60. The number of carbonyl (C=O) groups excluding carboxylic acids is 2. The Labute approximate surface area is 438 Å². The molecule has 9 aromatic carbocycles. The van der Waals surface area contributed by atoms with E-state index in [0.717, 1.165) is 11.1 Å². The van der Waals surface area contributed by atoms with Gasteiger partial charge in [0.2, 0.25) is 17.2 Å². The number of phenols is 1. The number of phenolic OH excluding ortho intramolecular Hbond substituents is 1. The third kappa shape index (κ3) is 8.49. The molecule has 376 valence electrons. The quantitative estimate of drug-likeness (QED) is 0.0921. The van der Waals surface area contributed by atoms with Crippen LogP contribution in [-0.4, -0.2) is 22.6 Å². The molecule has 0 atom stereocenters. The van der Waals surface area contributed by atoms with Crippen molar-refractivity contribution in [2.24, 2.45) is 0 Å². The van der Waals surface area contributed by atoms with Gasteiger partial charge >= 0.3 is 29.3 Å². The van der Waals surface area contributed by atoms with E-state index in [2.05, 4.69) is 0 Å². The zero-order valence-electron chi connectivity index (χ0n) is 41.4. The van der Waals surface area contributed by atoms with Gasteiger partial charge in [-0.2, -0.15) is 0 Å². The first kappa shape index (κ1) is 47.3. The van der Waals surface area contributed by atoms with E-state index in [-0.39, 0.29) is 69.5 Å². The van der Waals surface area contributed by atoms with E-state index in [1.54, 1.807) is 26.8 Å². The molecule has 0 amide bonds. The number of carbonyl (C=O) groups is 2. The summed E-state index contributed by atoms with van der Waals surface area (Å²) in [5.41, 5.74) is 3.77. The molecular weight excluding hydrogens is 961 g/mol.